The Morgan fingerprint density at radius 1 is 1.26 bits per heavy atom. The number of aliphatic carboxylic acids is 1. The zero-order valence-electron chi connectivity index (χ0n) is 12.3. The van der Waals surface area contributed by atoms with Crippen molar-refractivity contribution in [2.45, 2.75) is 46.6 Å². The number of carboxylic acid groups (broad SMARTS) is 1. The highest BCUT2D eigenvalue weighted by Crippen LogP contribution is 2.21. The van der Waals surface area contributed by atoms with Gasteiger partial charge in [-0.25, -0.2) is 9.59 Å². The van der Waals surface area contributed by atoms with Gasteiger partial charge in [-0.2, -0.15) is 0 Å². The fraction of sp³-hybridized carbons (Fsp3) is 0.857. The summed E-state index contributed by atoms with van der Waals surface area (Å²) in [5.41, 5.74) is 0. The van der Waals surface area contributed by atoms with E-state index >= 15 is 0 Å². The topological polar surface area (TPSA) is 69.6 Å². The van der Waals surface area contributed by atoms with Gasteiger partial charge in [0.2, 0.25) is 0 Å². The monoisotopic (exact) mass is 270 g/mol. The average Bonchev–Trinajstić information content (AvgIpc) is 2.76. The molecule has 0 saturated carbocycles. The molecule has 1 aliphatic heterocycles. The minimum Gasteiger partial charge on any atom is -0.480 e. The van der Waals surface area contributed by atoms with Crippen molar-refractivity contribution < 1.29 is 14.7 Å². The van der Waals surface area contributed by atoms with Crippen molar-refractivity contribution >= 4 is 12.0 Å². The first-order valence-corrected chi connectivity index (χ1v) is 7.11. The number of rotatable bonds is 5. The minimum atomic E-state index is -0.906. The maximum Gasteiger partial charge on any atom is 0.326 e. The lowest BCUT2D eigenvalue weighted by molar-refractivity contribution is -0.141. The van der Waals surface area contributed by atoms with Gasteiger partial charge in [0.15, 0.2) is 0 Å². The van der Waals surface area contributed by atoms with E-state index in [1.54, 1.807) is 0 Å². The Morgan fingerprint density at radius 3 is 2.32 bits per heavy atom. The second kappa shape index (κ2) is 6.78. The summed E-state index contributed by atoms with van der Waals surface area (Å²) < 4.78 is 0. The first kappa shape index (κ1) is 15.8. The molecule has 0 radical (unpaired) electrons. The summed E-state index contributed by atoms with van der Waals surface area (Å²) in [6.45, 7) is 9.73. The van der Waals surface area contributed by atoms with E-state index in [1.807, 2.05) is 0 Å². The highest BCUT2D eigenvalue weighted by molar-refractivity contribution is 5.83. The van der Waals surface area contributed by atoms with Crippen LogP contribution in [0.3, 0.4) is 0 Å². The Hall–Kier alpha value is -1.26. The van der Waals surface area contributed by atoms with Crippen LogP contribution in [0.15, 0.2) is 0 Å². The van der Waals surface area contributed by atoms with Crippen LogP contribution in [0, 0.1) is 17.8 Å². The van der Waals surface area contributed by atoms with Gasteiger partial charge in [-0.05, 0) is 30.6 Å². The Bertz CT molecular complexity index is 321. The van der Waals surface area contributed by atoms with Gasteiger partial charge in [0.25, 0.3) is 0 Å². The number of carbonyl (C=O) groups excluding carboxylic acids is 1. The smallest absolute Gasteiger partial charge is 0.326 e. The molecule has 1 heterocycles. The zero-order chi connectivity index (χ0) is 14.6. The molecular weight excluding hydrogens is 244 g/mol. The third-order valence-corrected chi connectivity index (χ3v) is 4.00. The Balaban J connectivity index is 2.53. The standard InChI is InChI=1S/C14H26N2O3/c1-9(2)11(10(3)4)8-15-14(19)16-7-5-6-12(16)13(17)18/h9-12H,5-8H2,1-4H3,(H,15,19)(H,17,18)/t12-/m1/s1. The number of nitrogens with zero attached hydrogens (tertiary/aromatic N) is 1. The summed E-state index contributed by atoms with van der Waals surface area (Å²) in [5, 5.41) is 12.0. The normalized spacial score (nSPS) is 19.5. The van der Waals surface area contributed by atoms with Gasteiger partial charge in [-0.15, -0.1) is 0 Å². The molecule has 1 aliphatic rings. The van der Waals surface area contributed by atoms with Gasteiger partial charge >= 0.3 is 12.0 Å². The van der Waals surface area contributed by atoms with E-state index in [4.69, 9.17) is 5.11 Å². The molecule has 0 aromatic heterocycles. The molecule has 0 unspecified atom stereocenters. The van der Waals surface area contributed by atoms with Gasteiger partial charge in [0.1, 0.15) is 6.04 Å². The highest BCUT2D eigenvalue weighted by Gasteiger charge is 2.34. The number of amides is 2. The fourth-order valence-corrected chi connectivity index (χ4v) is 2.81. The molecule has 0 spiro atoms. The number of carbonyl (C=O) groups is 2. The maximum absolute atomic E-state index is 12.1. The van der Waals surface area contributed by atoms with Crippen molar-refractivity contribution in [3.05, 3.63) is 0 Å². The predicted octanol–water partition coefficient (Wildman–Crippen LogP) is 2.17. The van der Waals surface area contributed by atoms with Gasteiger partial charge in [0.05, 0.1) is 0 Å². The number of hydrogen-bond donors (Lipinski definition) is 2. The predicted molar refractivity (Wildman–Crippen MR) is 73.9 cm³/mol. The van der Waals surface area contributed by atoms with E-state index in [1.165, 1.54) is 4.90 Å². The van der Waals surface area contributed by atoms with E-state index in [9.17, 15) is 9.59 Å². The van der Waals surface area contributed by atoms with Crippen LogP contribution in [0.25, 0.3) is 0 Å². The second-order valence-electron chi connectivity index (χ2n) is 6.03. The molecule has 1 saturated heterocycles. The van der Waals surface area contributed by atoms with Crippen LogP contribution in [-0.4, -0.2) is 41.1 Å². The largest absolute Gasteiger partial charge is 0.480 e. The molecule has 0 aromatic rings. The molecule has 19 heavy (non-hydrogen) atoms. The van der Waals surface area contributed by atoms with Crippen LogP contribution in [0.2, 0.25) is 0 Å². The average molecular weight is 270 g/mol. The van der Waals surface area contributed by atoms with Crippen molar-refractivity contribution in [1.29, 1.82) is 0 Å². The van der Waals surface area contributed by atoms with E-state index in [-0.39, 0.29) is 6.03 Å². The van der Waals surface area contributed by atoms with Crippen molar-refractivity contribution in [3.63, 3.8) is 0 Å². The number of hydrogen-bond acceptors (Lipinski definition) is 2. The third-order valence-electron chi connectivity index (χ3n) is 4.00. The number of likely N-dealkylation sites (tertiary alicyclic amines) is 1. The quantitative estimate of drug-likeness (QED) is 0.804. The molecule has 0 bridgehead atoms. The fourth-order valence-electron chi connectivity index (χ4n) is 2.81. The van der Waals surface area contributed by atoms with Crippen LogP contribution < -0.4 is 5.32 Å². The SMILES string of the molecule is CC(C)C(CNC(=O)N1CCC[C@@H]1C(=O)O)C(C)C. The number of urea groups is 1. The van der Waals surface area contributed by atoms with Crippen LogP contribution in [0.4, 0.5) is 4.79 Å². The summed E-state index contributed by atoms with van der Waals surface area (Å²) in [6, 6.07) is -0.896. The molecule has 0 aliphatic carbocycles. The molecule has 5 heteroatoms. The van der Waals surface area contributed by atoms with E-state index in [0.717, 1.165) is 6.42 Å². The lowest BCUT2D eigenvalue weighted by Gasteiger charge is -2.27. The molecular formula is C14H26N2O3. The lowest BCUT2D eigenvalue weighted by Crippen LogP contribution is -2.47. The first-order valence-electron chi connectivity index (χ1n) is 7.11. The van der Waals surface area contributed by atoms with Crippen molar-refractivity contribution in [1.82, 2.24) is 10.2 Å². The van der Waals surface area contributed by atoms with E-state index < -0.39 is 12.0 Å². The molecule has 2 N–H and O–H groups in total. The highest BCUT2D eigenvalue weighted by atomic mass is 16.4. The molecule has 1 rings (SSSR count). The van der Waals surface area contributed by atoms with Gasteiger partial charge in [0, 0.05) is 13.1 Å². The maximum atomic E-state index is 12.1. The second-order valence-corrected chi connectivity index (χ2v) is 6.03. The van der Waals surface area contributed by atoms with Gasteiger partial charge in [-0.3, -0.25) is 0 Å². The number of nitrogens with one attached hydrogen (secondary N) is 1. The Kier molecular flexibility index (Phi) is 5.63. The molecule has 5 nitrogen and oxygen atoms in total. The minimum absolute atomic E-state index is 0.240. The van der Waals surface area contributed by atoms with Gasteiger partial charge < -0.3 is 15.3 Å². The van der Waals surface area contributed by atoms with E-state index in [0.29, 0.717) is 37.3 Å². The molecule has 2 amide bonds. The van der Waals surface area contributed by atoms with E-state index in [2.05, 4.69) is 33.0 Å². The zero-order valence-corrected chi connectivity index (χ0v) is 12.3. The van der Waals surface area contributed by atoms with Crippen LogP contribution in [-0.2, 0) is 4.79 Å². The van der Waals surface area contributed by atoms with Crippen molar-refractivity contribution in [2.75, 3.05) is 13.1 Å². The Labute approximate surface area is 115 Å². The summed E-state index contributed by atoms with van der Waals surface area (Å²) in [5.74, 6) is 0.495. The first-order chi connectivity index (χ1) is 8.84. The molecule has 1 atom stereocenters. The van der Waals surface area contributed by atoms with Crippen molar-refractivity contribution in [3.8, 4) is 0 Å². The van der Waals surface area contributed by atoms with Gasteiger partial charge in [-0.1, -0.05) is 27.7 Å². The molecule has 1 fully saturated rings. The third kappa shape index (κ3) is 4.11. The number of carboxylic acids is 1. The lowest BCUT2D eigenvalue weighted by atomic mass is 9.85. The molecule has 110 valence electrons. The summed E-state index contributed by atoms with van der Waals surface area (Å²) >= 11 is 0. The Morgan fingerprint density at radius 2 is 1.84 bits per heavy atom. The van der Waals surface area contributed by atoms with Crippen LogP contribution in [0.1, 0.15) is 40.5 Å². The van der Waals surface area contributed by atoms with Crippen molar-refractivity contribution in [2.24, 2.45) is 17.8 Å². The molecule has 0 aromatic carbocycles. The summed E-state index contributed by atoms with van der Waals surface area (Å²) in [7, 11) is 0. The van der Waals surface area contributed by atoms with Crippen LogP contribution >= 0.6 is 0 Å². The summed E-state index contributed by atoms with van der Waals surface area (Å²) in [4.78, 5) is 24.6. The van der Waals surface area contributed by atoms with Crippen LogP contribution in [0.5, 0.6) is 0 Å². The summed E-state index contributed by atoms with van der Waals surface area (Å²) in [6.07, 6.45) is 1.32.